The molecule has 0 spiro atoms. The summed E-state index contributed by atoms with van der Waals surface area (Å²) in [4.78, 5) is 2.42. The highest BCUT2D eigenvalue weighted by molar-refractivity contribution is 5.16. The predicted molar refractivity (Wildman–Crippen MR) is 51.2 cm³/mol. The number of rotatable bonds is 2. The van der Waals surface area contributed by atoms with E-state index < -0.39 is 0 Å². The van der Waals surface area contributed by atoms with Gasteiger partial charge in [0.25, 0.3) is 0 Å². The van der Waals surface area contributed by atoms with Crippen molar-refractivity contribution < 1.29 is 0 Å². The third kappa shape index (κ3) is 1.51. The van der Waals surface area contributed by atoms with Gasteiger partial charge in [-0.05, 0) is 32.0 Å². The highest BCUT2D eigenvalue weighted by Gasteiger charge is 2.23. The van der Waals surface area contributed by atoms with E-state index in [1.807, 2.05) is 0 Å². The maximum atomic E-state index is 2.42. The van der Waals surface area contributed by atoms with Gasteiger partial charge in [0.2, 0.25) is 0 Å². The predicted octanol–water partition coefficient (Wildman–Crippen LogP) is 1.93. The van der Waals surface area contributed by atoms with Crippen LogP contribution >= 0.6 is 0 Å². The average molecular weight is 161 g/mol. The fourth-order valence-corrected chi connectivity index (χ4v) is 1.71. The molecule has 1 nitrogen and oxygen atoms in total. The molecule has 0 amide bonds. The molecule has 0 bridgehead atoms. The molecule has 64 valence electrons. The second-order valence-corrected chi connectivity index (χ2v) is 3.61. The molecule has 12 heavy (non-hydrogen) atoms. The molecule has 0 aliphatic carbocycles. The Morgan fingerprint density at radius 2 is 2.08 bits per heavy atom. The lowest BCUT2D eigenvalue weighted by Gasteiger charge is -2.38. The van der Waals surface area contributed by atoms with Crippen LogP contribution in [0.2, 0.25) is 0 Å². The molecule has 0 aromatic heterocycles. The second-order valence-electron chi connectivity index (χ2n) is 3.61. The SMILES string of the molecule is CN1CCC1Cc1ccccc1. The van der Waals surface area contributed by atoms with E-state index in [-0.39, 0.29) is 0 Å². The van der Waals surface area contributed by atoms with Crippen molar-refractivity contribution in [2.45, 2.75) is 18.9 Å². The van der Waals surface area contributed by atoms with Crippen LogP contribution in [0.3, 0.4) is 0 Å². The van der Waals surface area contributed by atoms with E-state index >= 15 is 0 Å². The number of hydrogen-bond acceptors (Lipinski definition) is 1. The highest BCUT2D eigenvalue weighted by atomic mass is 15.2. The number of likely N-dealkylation sites (N-methyl/N-ethyl adjacent to an activating group) is 1. The van der Waals surface area contributed by atoms with E-state index in [9.17, 15) is 0 Å². The largest absolute Gasteiger partial charge is 0.303 e. The van der Waals surface area contributed by atoms with Crippen LogP contribution in [0.4, 0.5) is 0 Å². The third-order valence-corrected chi connectivity index (χ3v) is 2.75. The zero-order valence-corrected chi connectivity index (χ0v) is 7.53. The molecular formula is C11H15N. The lowest BCUT2D eigenvalue weighted by Crippen LogP contribution is -2.45. The molecule has 1 aromatic rings. The van der Waals surface area contributed by atoms with Gasteiger partial charge in [0.15, 0.2) is 0 Å². The summed E-state index contributed by atoms with van der Waals surface area (Å²) in [6.07, 6.45) is 2.59. The Bertz CT molecular complexity index is 242. The van der Waals surface area contributed by atoms with Gasteiger partial charge in [0.1, 0.15) is 0 Å². The Morgan fingerprint density at radius 3 is 2.58 bits per heavy atom. The Hall–Kier alpha value is -0.820. The normalized spacial score (nSPS) is 23.6. The van der Waals surface area contributed by atoms with E-state index in [1.165, 1.54) is 24.9 Å². The minimum absolute atomic E-state index is 0.799. The van der Waals surface area contributed by atoms with Crippen molar-refractivity contribution in [1.82, 2.24) is 4.90 Å². The molecule has 1 unspecified atom stereocenters. The van der Waals surface area contributed by atoms with Gasteiger partial charge in [0.05, 0.1) is 0 Å². The summed E-state index contributed by atoms with van der Waals surface area (Å²) >= 11 is 0. The topological polar surface area (TPSA) is 3.24 Å². The van der Waals surface area contributed by atoms with Gasteiger partial charge in [0, 0.05) is 6.04 Å². The van der Waals surface area contributed by atoms with Crippen molar-refractivity contribution >= 4 is 0 Å². The Labute approximate surface area is 74.0 Å². The highest BCUT2D eigenvalue weighted by Crippen LogP contribution is 2.18. The average Bonchev–Trinajstić information content (AvgIpc) is 2.14. The monoisotopic (exact) mass is 161 g/mol. The minimum Gasteiger partial charge on any atom is -0.303 e. The zero-order chi connectivity index (χ0) is 8.39. The third-order valence-electron chi connectivity index (χ3n) is 2.75. The van der Waals surface area contributed by atoms with Crippen molar-refractivity contribution in [3.05, 3.63) is 35.9 Å². The van der Waals surface area contributed by atoms with E-state index in [0.29, 0.717) is 0 Å². The van der Waals surface area contributed by atoms with Crippen molar-refractivity contribution in [3.63, 3.8) is 0 Å². The van der Waals surface area contributed by atoms with Crippen LogP contribution in [0.1, 0.15) is 12.0 Å². The van der Waals surface area contributed by atoms with Crippen LogP contribution in [0.5, 0.6) is 0 Å². The molecule has 0 radical (unpaired) electrons. The van der Waals surface area contributed by atoms with Gasteiger partial charge in [-0.2, -0.15) is 0 Å². The van der Waals surface area contributed by atoms with Gasteiger partial charge in [-0.3, -0.25) is 0 Å². The fourth-order valence-electron chi connectivity index (χ4n) is 1.71. The first-order valence-electron chi connectivity index (χ1n) is 4.60. The molecular weight excluding hydrogens is 146 g/mol. The van der Waals surface area contributed by atoms with Gasteiger partial charge in [-0.25, -0.2) is 0 Å². The van der Waals surface area contributed by atoms with Crippen LogP contribution < -0.4 is 0 Å². The molecule has 0 N–H and O–H groups in total. The van der Waals surface area contributed by atoms with E-state index in [4.69, 9.17) is 0 Å². The lowest BCUT2D eigenvalue weighted by molar-refractivity contribution is 0.127. The maximum Gasteiger partial charge on any atom is 0.0145 e. The summed E-state index contributed by atoms with van der Waals surface area (Å²) in [6.45, 7) is 1.28. The molecule has 1 aliphatic heterocycles. The Morgan fingerprint density at radius 1 is 1.33 bits per heavy atom. The molecule has 1 aromatic carbocycles. The zero-order valence-electron chi connectivity index (χ0n) is 7.53. The van der Waals surface area contributed by atoms with Crippen molar-refractivity contribution in [2.24, 2.45) is 0 Å². The smallest absolute Gasteiger partial charge is 0.0145 e. The summed E-state index contributed by atoms with van der Waals surface area (Å²) in [5.74, 6) is 0. The summed E-state index contributed by atoms with van der Waals surface area (Å²) in [5.41, 5.74) is 1.47. The first kappa shape index (κ1) is 7.81. The van der Waals surface area contributed by atoms with Crippen LogP contribution in [0.25, 0.3) is 0 Å². The first-order valence-corrected chi connectivity index (χ1v) is 4.60. The van der Waals surface area contributed by atoms with Crippen molar-refractivity contribution in [3.8, 4) is 0 Å². The molecule has 1 saturated heterocycles. The maximum absolute atomic E-state index is 2.42. The van der Waals surface area contributed by atoms with Gasteiger partial charge in [-0.15, -0.1) is 0 Å². The standard InChI is InChI=1S/C11H15N/c1-12-8-7-11(12)9-10-5-3-2-4-6-10/h2-6,11H,7-9H2,1H3. The van der Waals surface area contributed by atoms with E-state index in [2.05, 4.69) is 42.3 Å². The molecule has 1 atom stereocenters. The van der Waals surface area contributed by atoms with Crippen LogP contribution in [-0.4, -0.2) is 24.5 Å². The van der Waals surface area contributed by atoms with Gasteiger partial charge in [-0.1, -0.05) is 30.3 Å². The molecule has 1 aliphatic rings. The van der Waals surface area contributed by atoms with Crippen LogP contribution in [-0.2, 0) is 6.42 Å². The number of benzene rings is 1. The van der Waals surface area contributed by atoms with Crippen LogP contribution in [0, 0.1) is 0 Å². The summed E-state index contributed by atoms with van der Waals surface area (Å²) in [6, 6.07) is 11.5. The molecule has 1 heteroatoms. The summed E-state index contributed by atoms with van der Waals surface area (Å²) in [5, 5.41) is 0. The van der Waals surface area contributed by atoms with Gasteiger partial charge >= 0.3 is 0 Å². The number of nitrogens with zero attached hydrogens (tertiary/aromatic N) is 1. The molecule has 1 fully saturated rings. The lowest BCUT2D eigenvalue weighted by atomic mass is 9.96. The van der Waals surface area contributed by atoms with Crippen LogP contribution in [0.15, 0.2) is 30.3 Å². The summed E-state index contributed by atoms with van der Waals surface area (Å²) in [7, 11) is 2.21. The van der Waals surface area contributed by atoms with Crippen molar-refractivity contribution in [1.29, 1.82) is 0 Å². The second kappa shape index (κ2) is 3.28. The summed E-state index contributed by atoms with van der Waals surface area (Å²) < 4.78 is 0. The Balaban J connectivity index is 1.95. The molecule has 0 saturated carbocycles. The molecule has 1 heterocycles. The first-order chi connectivity index (χ1) is 5.86. The quantitative estimate of drug-likeness (QED) is 0.640. The van der Waals surface area contributed by atoms with E-state index in [1.54, 1.807) is 0 Å². The Kier molecular flexibility index (Phi) is 2.13. The van der Waals surface area contributed by atoms with E-state index in [0.717, 1.165) is 6.04 Å². The number of likely N-dealkylation sites (tertiary alicyclic amines) is 1. The van der Waals surface area contributed by atoms with Crippen molar-refractivity contribution in [2.75, 3.05) is 13.6 Å². The fraction of sp³-hybridized carbons (Fsp3) is 0.455. The van der Waals surface area contributed by atoms with Gasteiger partial charge < -0.3 is 4.90 Å². The minimum atomic E-state index is 0.799. The number of hydrogen-bond donors (Lipinski definition) is 0. The molecule has 2 rings (SSSR count).